The average Bonchev–Trinajstić information content (AvgIpc) is 2.67. The van der Waals surface area contributed by atoms with E-state index in [1.807, 2.05) is 11.8 Å². The van der Waals surface area contributed by atoms with Gasteiger partial charge in [-0.2, -0.15) is 0 Å². The van der Waals surface area contributed by atoms with E-state index >= 15 is 0 Å². The van der Waals surface area contributed by atoms with Crippen molar-refractivity contribution in [3.63, 3.8) is 0 Å². The monoisotopic (exact) mass is 396 g/mol. The molecule has 1 aromatic rings. The minimum absolute atomic E-state index is 0.00643. The van der Waals surface area contributed by atoms with Gasteiger partial charge in [0.1, 0.15) is 0 Å². The predicted octanol–water partition coefficient (Wildman–Crippen LogP) is 0.0254. The third-order valence-corrected chi connectivity index (χ3v) is 5.83. The van der Waals surface area contributed by atoms with Crippen LogP contribution in [-0.2, 0) is 19.6 Å². The van der Waals surface area contributed by atoms with E-state index < -0.39 is 10.0 Å². The Balaban J connectivity index is 1.70. The summed E-state index contributed by atoms with van der Waals surface area (Å²) in [6.45, 7) is 5.47. The van der Waals surface area contributed by atoms with Gasteiger partial charge >= 0.3 is 0 Å². The highest BCUT2D eigenvalue weighted by molar-refractivity contribution is 7.89. The molecular weight excluding hydrogens is 368 g/mol. The van der Waals surface area contributed by atoms with Crippen molar-refractivity contribution in [3.05, 3.63) is 30.3 Å². The number of hydrogen-bond acceptors (Lipinski definition) is 5. The van der Waals surface area contributed by atoms with Gasteiger partial charge in [-0.05, 0) is 18.6 Å². The molecule has 27 heavy (non-hydrogen) atoms. The SMILES string of the molecule is CCCNC(=O)CN1CCN(C(=O)CCNS(=O)(=O)c2ccccc2)CC1. The topological polar surface area (TPSA) is 98.8 Å². The number of rotatable bonds is 9. The van der Waals surface area contributed by atoms with Gasteiger partial charge in [-0.15, -0.1) is 0 Å². The van der Waals surface area contributed by atoms with E-state index in [1.54, 1.807) is 23.1 Å². The number of sulfonamides is 1. The van der Waals surface area contributed by atoms with Crippen LogP contribution >= 0.6 is 0 Å². The maximum Gasteiger partial charge on any atom is 0.240 e. The first-order valence-electron chi connectivity index (χ1n) is 9.24. The zero-order valence-electron chi connectivity index (χ0n) is 15.7. The first-order chi connectivity index (χ1) is 12.9. The van der Waals surface area contributed by atoms with Crippen LogP contribution in [0.25, 0.3) is 0 Å². The fourth-order valence-corrected chi connectivity index (χ4v) is 3.87. The van der Waals surface area contributed by atoms with Crippen LogP contribution in [0.4, 0.5) is 0 Å². The average molecular weight is 397 g/mol. The number of amides is 2. The highest BCUT2D eigenvalue weighted by atomic mass is 32.2. The number of piperazine rings is 1. The van der Waals surface area contributed by atoms with Crippen molar-refractivity contribution in [1.82, 2.24) is 19.8 Å². The Morgan fingerprint density at radius 3 is 2.33 bits per heavy atom. The quantitative estimate of drug-likeness (QED) is 0.613. The molecule has 0 aromatic heterocycles. The van der Waals surface area contributed by atoms with Gasteiger partial charge in [0.05, 0.1) is 11.4 Å². The Morgan fingerprint density at radius 1 is 1.04 bits per heavy atom. The molecule has 2 rings (SSSR count). The summed E-state index contributed by atoms with van der Waals surface area (Å²) < 4.78 is 26.7. The van der Waals surface area contributed by atoms with Gasteiger partial charge in [0, 0.05) is 45.7 Å². The molecule has 0 saturated carbocycles. The molecule has 0 unspecified atom stereocenters. The molecule has 1 aliphatic rings. The summed E-state index contributed by atoms with van der Waals surface area (Å²) in [4.78, 5) is 28.0. The first-order valence-corrected chi connectivity index (χ1v) is 10.7. The second-order valence-electron chi connectivity index (χ2n) is 6.47. The van der Waals surface area contributed by atoms with Crippen molar-refractivity contribution in [1.29, 1.82) is 0 Å². The molecule has 9 heteroatoms. The fourth-order valence-electron chi connectivity index (χ4n) is 2.81. The normalized spacial score (nSPS) is 15.5. The fraction of sp³-hybridized carbons (Fsp3) is 0.556. The van der Waals surface area contributed by atoms with Gasteiger partial charge < -0.3 is 10.2 Å². The molecule has 2 N–H and O–H groups in total. The summed E-state index contributed by atoms with van der Waals surface area (Å²) in [6, 6.07) is 8.08. The molecule has 0 spiro atoms. The van der Waals surface area contributed by atoms with Crippen LogP contribution in [0.3, 0.4) is 0 Å². The van der Waals surface area contributed by atoms with Crippen LogP contribution in [0.2, 0.25) is 0 Å². The predicted molar refractivity (Wildman–Crippen MR) is 103 cm³/mol. The van der Waals surface area contributed by atoms with Gasteiger partial charge in [-0.25, -0.2) is 13.1 Å². The van der Waals surface area contributed by atoms with E-state index in [0.717, 1.165) is 6.42 Å². The van der Waals surface area contributed by atoms with Gasteiger partial charge in [0.25, 0.3) is 0 Å². The van der Waals surface area contributed by atoms with Crippen molar-refractivity contribution in [2.75, 3.05) is 45.8 Å². The minimum atomic E-state index is -3.59. The first kappa shape index (κ1) is 21.3. The Morgan fingerprint density at radius 2 is 1.70 bits per heavy atom. The molecule has 150 valence electrons. The smallest absolute Gasteiger partial charge is 0.240 e. The van der Waals surface area contributed by atoms with Crippen LogP contribution in [0, 0.1) is 0 Å². The zero-order valence-corrected chi connectivity index (χ0v) is 16.5. The lowest BCUT2D eigenvalue weighted by molar-refractivity contribution is -0.133. The molecular formula is C18H28N4O4S. The number of carbonyl (C=O) groups excluding carboxylic acids is 2. The van der Waals surface area contributed by atoms with E-state index in [2.05, 4.69) is 10.0 Å². The Kier molecular flexibility index (Phi) is 8.21. The summed E-state index contributed by atoms with van der Waals surface area (Å²) in [7, 11) is -3.59. The molecule has 1 saturated heterocycles. The molecule has 1 aromatic carbocycles. The summed E-state index contributed by atoms with van der Waals surface area (Å²) in [5.74, 6) is -0.0761. The lowest BCUT2D eigenvalue weighted by Gasteiger charge is -2.34. The van der Waals surface area contributed by atoms with E-state index in [4.69, 9.17) is 0 Å². The number of benzene rings is 1. The summed E-state index contributed by atoms with van der Waals surface area (Å²) in [5.41, 5.74) is 0. The van der Waals surface area contributed by atoms with Crippen molar-refractivity contribution < 1.29 is 18.0 Å². The van der Waals surface area contributed by atoms with E-state index in [0.29, 0.717) is 39.3 Å². The van der Waals surface area contributed by atoms with E-state index in [-0.39, 0.29) is 29.7 Å². The van der Waals surface area contributed by atoms with Crippen molar-refractivity contribution >= 4 is 21.8 Å². The van der Waals surface area contributed by atoms with Crippen LogP contribution < -0.4 is 10.0 Å². The second-order valence-corrected chi connectivity index (χ2v) is 8.23. The molecule has 1 fully saturated rings. The maximum absolute atomic E-state index is 12.3. The third-order valence-electron chi connectivity index (χ3n) is 4.35. The van der Waals surface area contributed by atoms with Crippen LogP contribution in [0.1, 0.15) is 19.8 Å². The van der Waals surface area contributed by atoms with Crippen LogP contribution in [0.5, 0.6) is 0 Å². The maximum atomic E-state index is 12.3. The molecule has 1 heterocycles. The lowest BCUT2D eigenvalue weighted by atomic mass is 10.2. The van der Waals surface area contributed by atoms with Crippen molar-refractivity contribution in [3.8, 4) is 0 Å². The van der Waals surface area contributed by atoms with E-state index in [9.17, 15) is 18.0 Å². The van der Waals surface area contributed by atoms with Gasteiger partial charge in [0.15, 0.2) is 0 Å². The second kappa shape index (κ2) is 10.4. The molecule has 1 aliphatic heterocycles. The van der Waals surface area contributed by atoms with Gasteiger partial charge in [-0.3, -0.25) is 14.5 Å². The van der Waals surface area contributed by atoms with Crippen LogP contribution in [-0.4, -0.2) is 75.8 Å². The largest absolute Gasteiger partial charge is 0.355 e. The molecule has 8 nitrogen and oxygen atoms in total. The third kappa shape index (κ3) is 6.93. The van der Waals surface area contributed by atoms with Crippen molar-refractivity contribution in [2.45, 2.75) is 24.7 Å². The minimum Gasteiger partial charge on any atom is -0.355 e. The lowest BCUT2D eigenvalue weighted by Crippen LogP contribution is -2.51. The summed E-state index contributed by atoms with van der Waals surface area (Å²) >= 11 is 0. The Bertz CT molecular complexity index is 716. The molecule has 0 atom stereocenters. The van der Waals surface area contributed by atoms with Gasteiger partial charge in [0.2, 0.25) is 21.8 Å². The number of carbonyl (C=O) groups is 2. The van der Waals surface area contributed by atoms with E-state index in [1.165, 1.54) is 12.1 Å². The zero-order chi connectivity index (χ0) is 19.7. The molecule has 0 aliphatic carbocycles. The number of hydrogen-bond donors (Lipinski definition) is 2. The number of nitrogens with one attached hydrogen (secondary N) is 2. The molecule has 0 bridgehead atoms. The van der Waals surface area contributed by atoms with Crippen molar-refractivity contribution in [2.24, 2.45) is 0 Å². The van der Waals surface area contributed by atoms with Crippen LogP contribution in [0.15, 0.2) is 35.2 Å². The summed E-state index contributed by atoms with van der Waals surface area (Å²) in [6.07, 6.45) is 1.02. The Labute approximate surface area is 161 Å². The summed E-state index contributed by atoms with van der Waals surface area (Å²) in [5, 5.41) is 2.84. The molecule has 2 amide bonds. The standard InChI is InChI=1S/C18H28N4O4S/c1-2-9-19-17(23)15-21-11-13-22(14-12-21)18(24)8-10-20-27(25,26)16-6-4-3-5-7-16/h3-7,20H,2,8-15H2,1H3,(H,19,23). The highest BCUT2D eigenvalue weighted by Gasteiger charge is 2.22. The van der Waals surface area contributed by atoms with Gasteiger partial charge in [-0.1, -0.05) is 25.1 Å². The molecule has 0 radical (unpaired) electrons. The number of nitrogens with zero attached hydrogens (tertiary/aromatic N) is 2. The Hall–Kier alpha value is -1.97. The highest BCUT2D eigenvalue weighted by Crippen LogP contribution is 2.08.